The molecule has 0 atom stereocenters. The fourth-order valence-electron chi connectivity index (χ4n) is 1.42. The van der Waals surface area contributed by atoms with Gasteiger partial charge >= 0.3 is 5.97 Å². The third-order valence-electron chi connectivity index (χ3n) is 2.44. The van der Waals surface area contributed by atoms with Crippen molar-refractivity contribution in [1.82, 2.24) is 4.90 Å². The molecule has 0 radical (unpaired) electrons. The number of benzene rings is 1. The van der Waals surface area contributed by atoms with Crippen LogP contribution in [0.5, 0.6) is 0 Å². The molecule has 0 aromatic heterocycles. The zero-order chi connectivity index (χ0) is 13.7. The Kier molecular flexibility index (Phi) is 4.65. The molecule has 0 bridgehead atoms. The number of likely N-dealkylation sites (N-methyl/N-ethyl adjacent to an activating group) is 1. The number of anilines is 1. The number of methoxy groups -OCH3 is 1. The van der Waals surface area contributed by atoms with Gasteiger partial charge in [-0.1, -0.05) is 0 Å². The van der Waals surface area contributed by atoms with Gasteiger partial charge < -0.3 is 15.4 Å². The Morgan fingerprint density at radius 1 is 1.44 bits per heavy atom. The summed E-state index contributed by atoms with van der Waals surface area (Å²) < 4.78 is 18.0. The number of halogens is 1. The van der Waals surface area contributed by atoms with Gasteiger partial charge in [-0.15, -0.1) is 0 Å². The lowest BCUT2D eigenvalue weighted by Gasteiger charge is -2.19. The number of carbonyl (C=O) groups excluding carboxylic acids is 2. The number of carbonyl (C=O) groups is 2. The van der Waals surface area contributed by atoms with Crippen LogP contribution in [0.3, 0.4) is 0 Å². The van der Waals surface area contributed by atoms with Crippen LogP contribution in [-0.2, 0) is 9.53 Å². The van der Waals surface area contributed by atoms with Gasteiger partial charge in [0.15, 0.2) is 0 Å². The number of nitrogens with two attached hydrogens (primary N) is 1. The fraction of sp³-hybridized carbons (Fsp3) is 0.333. The van der Waals surface area contributed by atoms with Crippen LogP contribution in [0.4, 0.5) is 10.1 Å². The van der Waals surface area contributed by atoms with Crippen LogP contribution in [0.25, 0.3) is 0 Å². The molecule has 0 fully saturated rings. The van der Waals surface area contributed by atoms with Crippen LogP contribution in [0.15, 0.2) is 18.2 Å². The molecular formula is C12H15FN2O3. The number of esters is 1. The highest BCUT2D eigenvalue weighted by atomic mass is 19.1. The van der Waals surface area contributed by atoms with Crippen molar-refractivity contribution in [2.24, 2.45) is 0 Å². The number of ether oxygens (including phenoxy) is 1. The van der Waals surface area contributed by atoms with Crippen molar-refractivity contribution in [3.8, 4) is 0 Å². The summed E-state index contributed by atoms with van der Waals surface area (Å²) in [5.74, 6) is -1.83. The molecule has 1 aromatic carbocycles. The molecule has 0 aliphatic heterocycles. The third kappa shape index (κ3) is 3.19. The van der Waals surface area contributed by atoms with E-state index in [1.165, 1.54) is 24.1 Å². The molecule has 0 heterocycles. The van der Waals surface area contributed by atoms with E-state index >= 15 is 0 Å². The quantitative estimate of drug-likeness (QED) is 0.643. The molecule has 0 unspecified atom stereocenters. The van der Waals surface area contributed by atoms with Gasteiger partial charge in [0.05, 0.1) is 12.7 Å². The van der Waals surface area contributed by atoms with Gasteiger partial charge in [-0.2, -0.15) is 0 Å². The van der Waals surface area contributed by atoms with E-state index in [4.69, 9.17) is 5.73 Å². The lowest BCUT2D eigenvalue weighted by Crippen LogP contribution is -2.36. The van der Waals surface area contributed by atoms with Crippen molar-refractivity contribution in [3.63, 3.8) is 0 Å². The topological polar surface area (TPSA) is 72.6 Å². The lowest BCUT2D eigenvalue weighted by atomic mass is 10.1. The molecule has 0 aliphatic rings. The molecular weight excluding hydrogens is 239 g/mol. The normalized spacial score (nSPS) is 9.94. The number of nitrogen functional groups attached to an aromatic ring is 1. The molecule has 2 N–H and O–H groups in total. The van der Waals surface area contributed by atoms with E-state index in [9.17, 15) is 14.0 Å². The Hall–Kier alpha value is -2.11. The highest BCUT2D eigenvalue weighted by molar-refractivity contribution is 5.96. The summed E-state index contributed by atoms with van der Waals surface area (Å²) in [4.78, 5) is 24.3. The number of hydrogen-bond donors (Lipinski definition) is 1. The zero-order valence-corrected chi connectivity index (χ0v) is 10.3. The Bertz CT molecular complexity index is 463. The largest absolute Gasteiger partial charge is 0.468 e. The van der Waals surface area contributed by atoms with Gasteiger partial charge in [0.2, 0.25) is 0 Å². The number of nitrogens with zero attached hydrogens (tertiary/aromatic N) is 1. The van der Waals surface area contributed by atoms with Gasteiger partial charge in [0, 0.05) is 12.2 Å². The first kappa shape index (κ1) is 14.0. The first-order valence-corrected chi connectivity index (χ1v) is 5.40. The van der Waals surface area contributed by atoms with Crippen LogP contribution >= 0.6 is 0 Å². The number of amides is 1. The lowest BCUT2D eigenvalue weighted by molar-refractivity contribution is -0.141. The molecule has 0 saturated carbocycles. The molecule has 18 heavy (non-hydrogen) atoms. The Balaban J connectivity index is 2.93. The summed E-state index contributed by atoms with van der Waals surface area (Å²) in [6.45, 7) is 1.75. The first-order valence-electron chi connectivity index (χ1n) is 5.40. The SMILES string of the molecule is CCN(CC(=O)OC)C(=O)c1ccc(N)cc1F. The maximum Gasteiger partial charge on any atom is 0.325 e. The molecule has 0 saturated heterocycles. The molecule has 0 spiro atoms. The third-order valence-corrected chi connectivity index (χ3v) is 2.44. The van der Waals surface area contributed by atoms with Gasteiger partial charge in [-0.05, 0) is 25.1 Å². The average Bonchev–Trinajstić information content (AvgIpc) is 2.34. The molecule has 6 heteroatoms. The highest BCUT2D eigenvalue weighted by Crippen LogP contribution is 2.14. The van der Waals surface area contributed by atoms with Gasteiger partial charge in [-0.3, -0.25) is 9.59 Å². The van der Waals surface area contributed by atoms with Crippen LogP contribution in [0.1, 0.15) is 17.3 Å². The van der Waals surface area contributed by atoms with E-state index in [1.54, 1.807) is 6.92 Å². The minimum absolute atomic E-state index is 0.116. The Morgan fingerprint density at radius 2 is 2.11 bits per heavy atom. The second-order valence-electron chi connectivity index (χ2n) is 3.63. The van der Waals surface area contributed by atoms with Gasteiger partial charge in [0.1, 0.15) is 12.4 Å². The highest BCUT2D eigenvalue weighted by Gasteiger charge is 2.20. The summed E-state index contributed by atoms with van der Waals surface area (Å²) in [6, 6.07) is 3.80. The minimum Gasteiger partial charge on any atom is -0.468 e. The van der Waals surface area contributed by atoms with Crippen molar-refractivity contribution in [2.45, 2.75) is 6.92 Å². The van der Waals surface area contributed by atoms with Gasteiger partial charge in [0.25, 0.3) is 5.91 Å². The maximum atomic E-state index is 13.6. The van der Waals surface area contributed by atoms with Crippen LogP contribution in [-0.4, -0.2) is 37.0 Å². The van der Waals surface area contributed by atoms with E-state index < -0.39 is 17.7 Å². The second-order valence-corrected chi connectivity index (χ2v) is 3.63. The second kappa shape index (κ2) is 6.00. The van der Waals surface area contributed by atoms with Crippen molar-refractivity contribution in [3.05, 3.63) is 29.6 Å². The first-order chi connectivity index (χ1) is 8.49. The van der Waals surface area contributed by atoms with E-state index in [2.05, 4.69) is 4.74 Å². The van der Waals surface area contributed by atoms with E-state index in [0.29, 0.717) is 0 Å². The standard InChI is InChI=1S/C12H15FN2O3/c1-3-15(7-11(16)18-2)12(17)9-5-4-8(14)6-10(9)13/h4-6H,3,7,14H2,1-2H3. The molecule has 0 aliphatic carbocycles. The number of rotatable bonds is 4. The minimum atomic E-state index is -0.705. The fourth-order valence-corrected chi connectivity index (χ4v) is 1.42. The van der Waals surface area contributed by atoms with Crippen molar-refractivity contribution in [2.75, 3.05) is 25.9 Å². The molecule has 5 nitrogen and oxygen atoms in total. The van der Waals surface area contributed by atoms with Crippen molar-refractivity contribution < 1.29 is 18.7 Å². The maximum absolute atomic E-state index is 13.6. The van der Waals surface area contributed by atoms with Crippen molar-refractivity contribution >= 4 is 17.6 Å². The van der Waals surface area contributed by atoms with Crippen molar-refractivity contribution in [1.29, 1.82) is 0 Å². The van der Waals surface area contributed by atoms with Crippen LogP contribution < -0.4 is 5.73 Å². The summed E-state index contributed by atoms with van der Waals surface area (Å²) >= 11 is 0. The Morgan fingerprint density at radius 3 is 2.61 bits per heavy atom. The molecule has 1 amide bonds. The Labute approximate surface area is 104 Å². The average molecular weight is 254 g/mol. The van der Waals surface area contributed by atoms with E-state index in [0.717, 1.165) is 6.07 Å². The summed E-state index contributed by atoms with van der Waals surface area (Å²) in [5, 5.41) is 0. The summed E-state index contributed by atoms with van der Waals surface area (Å²) in [7, 11) is 1.23. The zero-order valence-electron chi connectivity index (χ0n) is 10.3. The smallest absolute Gasteiger partial charge is 0.325 e. The monoisotopic (exact) mass is 254 g/mol. The predicted molar refractivity (Wildman–Crippen MR) is 64.4 cm³/mol. The molecule has 98 valence electrons. The van der Waals surface area contributed by atoms with Gasteiger partial charge in [-0.25, -0.2) is 4.39 Å². The summed E-state index contributed by atoms with van der Waals surface area (Å²) in [5.41, 5.74) is 5.52. The molecule has 1 aromatic rings. The van der Waals surface area contributed by atoms with Crippen LogP contribution in [0, 0.1) is 5.82 Å². The van der Waals surface area contributed by atoms with E-state index in [1.807, 2.05) is 0 Å². The predicted octanol–water partition coefficient (Wildman–Crippen LogP) is 1.04. The number of hydrogen-bond acceptors (Lipinski definition) is 4. The molecule has 1 rings (SSSR count). The van der Waals surface area contributed by atoms with Crippen LogP contribution in [0.2, 0.25) is 0 Å². The summed E-state index contributed by atoms with van der Waals surface area (Å²) in [6.07, 6.45) is 0. The van der Waals surface area contributed by atoms with E-state index in [-0.39, 0.29) is 24.3 Å².